The first-order valence-corrected chi connectivity index (χ1v) is 6.96. The van der Waals surface area contributed by atoms with Gasteiger partial charge in [0, 0.05) is 25.8 Å². The van der Waals surface area contributed by atoms with Crippen LogP contribution in [-0.2, 0) is 11.2 Å². The van der Waals surface area contributed by atoms with Crippen LogP contribution in [0.1, 0.15) is 18.4 Å². The summed E-state index contributed by atoms with van der Waals surface area (Å²) in [7, 11) is 1.88. The maximum Gasteiger partial charge on any atom is 0.226 e. The Bertz CT molecular complexity index is 427. The molecule has 0 bridgehead atoms. The largest absolute Gasteiger partial charge is 0.399 e. The quantitative estimate of drug-likeness (QED) is 0.814. The Hall–Kier alpha value is -1.55. The van der Waals surface area contributed by atoms with E-state index in [0.717, 1.165) is 18.7 Å². The summed E-state index contributed by atoms with van der Waals surface area (Å²) in [6.45, 7) is 4.15. The Balaban J connectivity index is 1.78. The summed E-state index contributed by atoms with van der Waals surface area (Å²) in [6, 6.07) is 7.54. The summed E-state index contributed by atoms with van der Waals surface area (Å²) in [4.78, 5) is 16.3. The molecule has 0 saturated carbocycles. The lowest BCUT2D eigenvalue weighted by molar-refractivity contribution is -0.129. The van der Waals surface area contributed by atoms with Crippen molar-refractivity contribution in [1.82, 2.24) is 9.80 Å². The molecule has 1 aliphatic rings. The average Bonchev–Trinajstić information content (AvgIpc) is 2.89. The molecule has 0 unspecified atom stereocenters. The number of anilines is 1. The molecule has 104 valence electrons. The van der Waals surface area contributed by atoms with Crippen LogP contribution in [0.25, 0.3) is 0 Å². The Morgan fingerprint density at radius 3 is 2.79 bits per heavy atom. The molecule has 1 aromatic carbocycles. The minimum atomic E-state index is 0.157. The van der Waals surface area contributed by atoms with Crippen molar-refractivity contribution in [2.75, 3.05) is 39.0 Å². The lowest BCUT2D eigenvalue weighted by atomic mass is 10.1. The molecule has 0 atom stereocenters. The zero-order chi connectivity index (χ0) is 13.7. The van der Waals surface area contributed by atoms with Crippen molar-refractivity contribution in [3.63, 3.8) is 0 Å². The van der Waals surface area contributed by atoms with Gasteiger partial charge in [0.1, 0.15) is 0 Å². The van der Waals surface area contributed by atoms with Crippen molar-refractivity contribution in [3.8, 4) is 0 Å². The fraction of sp³-hybridized carbons (Fsp3) is 0.533. The third-order valence-electron chi connectivity index (χ3n) is 3.68. The fourth-order valence-corrected chi connectivity index (χ4v) is 2.44. The van der Waals surface area contributed by atoms with Gasteiger partial charge >= 0.3 is 0 Å². The van der Waals surface area contributed by atoms with E-state index in [1.165, 1.54) is 25.9 Å². The van der Waals surface area contributed by atoms with Crippen LogP contribution in [0.3, 0.4) is 0 Å². The number of hydrogen-bond acceptors (Lipinski definition) is 3. The summed E-state index contributed by atoms with van der Waals surface area (Å²) >= 11 is 0. The van der Waals surface area contributed by atoms with Crippen molar-refractivity contribution >= 4 is 11.6 Å². The maximum atomic E-state index is 12.1. The van der Waals surface area contributed by atoms with Gasteiger partial charge in [-0.05, 0) is 43.6 Å². The Kier molecular flexibility index (Phi) is 4.80. The molecule has 4 nitrogen and oxygen atoms in total. The van der Waals surface area contributed by atoms with Crippen LogP contribution in [0, 0.1) is 0 Å². The van der Waals surface area contributed by atoms with Crippen LogP contribution < -0.4 is 5.73 Å². The first-order valence-electron chi connectivity index (χ1n) is 6.96. The number of carbonyl (C=O) groups excluding carboxylic acids is 1. The number of carbonyl (C=O) groups is 1. The number of amides is 1. The minimum absolute atomic E-state index is 0.157. The highest BCUT2D eigenvalue weighted by Gasteiger charge is 2.14. The van der Waals surface area contributed by atoms with Crippen LogP contribution in [0.4, 0.5) is 5.69 Å². The number of hydrogen-bond donors (Lipinski definition) is 1. The highest BCUT2D eigenvalue weighted by Crippen LogP contribution is 2.09. The average molecular weight is 261 g/mol. The minimum Gasteiger partial charge on any atom is -0.399 e. The molecule has 1 aliphatic heterocycles. The van der Waals surface area contributed by atoms with Gasteiger partial charge in [0.25, 0.3) is 0 Å². The monoisotopic (exact) mass is 261 g/mol. The van der Waals surface area contributed by atoms with Crippen LogP contribution in [0.15, 0.2) is 24.3 Å². The van der Waals surface area contributed by atoms with Gasteiger partial charge in [-0.2, -0.15) is 0 Å². The molecule has 1 heterocycles. The van der Waals surface area contributed by atoms with E-state index in [4.69, 9.17) is 5.73 Å². The number of nitrogen functional groups attached to an aromatic ring is 1. The fourth-order valence-electron chi connectivity index (χ4n) is 2.44. The number of likely N-dealkylation sites (tertiary alicyclic amines) is 1. The van der Waals surface area contributed by atoms with E-state index in [-0.39, 0.29) is 5.91 Å². The highest BCUT2D eigenvalue weighted by molar-refractivity contribution is 5.78. The van der Waals surface area contributed by atoms with E-state index in [1.54, 1.807) is 0 Å². The van der Waals surface area contributed by atoms with Crippen molar-refractivity contribution in [2.45, 2.75) is 19.3 Å². The Morgan fingerprint density at radius 1 is 1.37 bits per heavy atom. The lowest BCUT2D eigenvalue weighted by Gasteiger charge is -2.21. The van der Waals surface area contributed by atoms with Gasteiger partial charge < -0.3 is 15.5 Å². The summed E-state index contributed by atoms with van der Waals surface area (Å²) in [5.74, 6) is 0.157. The normalized spacial score (nSPS) is 15.6. The second-order valence-electron chi connectivity index (χ2n) is 5.29. The number of benzene rings is 1. The zero-order valence-electron chi connectivity index (χ0n) is 11.6. The summed E-state index contributed by atoms with van der Waals surface area (Å²) in [5, 5.41) is 0. The van der Waals surface area contributed by atoms with Crippen molar-refractivity contribution < 1.29 is 4.79 Å². The number of nitrogens with two attached hydrogens (primary N) is 1. The standard InChI is InChI=1S/C15H23N3O/c1-17(9-10-18-7-2-3-8-18)15(19)12-13-5-4-6-14(16)11-13/h4-6,11H,2-3,7-10,12,16H2,1H3. The highest BCUT2D eigenvalue weighted by atomic mass is 16.2. The summed E-state index contributed by atoms with van der Waals surface area (Å²) in [5.41, 5.74) is 7.42. The first kappa shape index (κ1) is 13.9. The van der Waals surface area contributed by atoms with Crippen LogP contribution in [-0.4, -0.2) is 48.9 Å². The van der Waals surface area contributed by atoms with Crippen LogP contribution in [0.2, 0.25) is 0 Å². The number of nitrogens with zero attached hydrogens (tertiary/aromatic N) is 2. The van der Waals surface area contributed by atoms with Gasteiger partial charge in [0.05, 0.1) is 6.42 Å². The van der Waals surface area contributed by atoms with E-state index >= 15 is 0 Å². The van der Waals surface area contributed by atoms with Crippen molar-refractivity contribution in [1.29, 1.82) is 0 Å². The molecule has 2 rings (SSSR count). The van der Waals surface area contributed by atoms with Gasteiger partial charge in [0.15, 0.2) is 0 Å². The first-order chi connectivity index (χ1) is 9.15. The van der Waals surface area contributed by atoms with E-state index in [2.05, 4.69) is 4.90 Å². The number of likely N-dealkylation sites (N-methyl/N-ethyl adjacent to an activating group) is 1. The van der Waals surface area contributed by atoms with E-state index < -0.39 is 0 Å². The van der Waals surface area contributed by atoms with Gasteiger partial charge in [-0.1, -0.05) is 12.1 Å². The summed E-state index contributed by atoms with van der Waals surface area (Å²) < 4.78 is 0. The van der Waals surface area contributed by atoms with E-state index in [9.17, 15) is 4.79 Å². The Morgan fingerprint density at radius 2 is 2.11 bits per heavy atom. The summed E-state index contributed by atoms with van der Waals surface area (Å²) in [6.07, 6.45) is 3.02. The molecule has 2 N–H and O–H groups in total. The topological polar surface area (TPSA) is 49.6 Å². The second-order valence-corrected chi connectivity index (χ2v) is 5.29. The smallest absolute Gasteiger partial charge is 0.226 e. The molecule has 4 heteroatoms. The molecule has 0 aromatic heterocycles. The van der Waals surface area contributed by atoms with Crippen LogP contribution in [0.5, 0.6) is 0 Å². The van der Waals surface area contributed by atoms with E-state index in [0.29, 0.717) is 12.1 Å². The third-order valence-corrected chi connectivity index (χ3v) is 3.68. The second kappa shape index (κ2) is 6.57. The van der Waals surface area contributed by atoms with Crippen molar-refractivity contribution in [2.24, 2.45) is 0 Å². The predicted molar refractivity (Wildman–Crippen MR) is 77.9 cm³/mol. The SMILES string of the molecule is CN(CCN1CCCC1)C(=O)Cc1cccc(N)c1. The third kappa shape index (κ3) is 4.24. The molecule has 19 heavy (non-hydrogen) atoms. The maximum absolute atomic E-state index is 12.1. The zero-order valence-corrected chi connectivity index (χ0v) is 11.6. The Labute approximate surface area is 115 Å². The number of rotatable bonds is 5. The van der Waals surface area contributed by atoms with Gasteiger partial charge in [-0.15, -0.1) is 0 Å². The molecule has 1 aromatic rings. The van der Waals surface area contributed by atoms with Gasteiger partial charge in [0.2, 0.25) is 5.91 Å². The lowest BCUT2D eigenvalue weighted by Crippen LogP contribution is -2.35. The molecule has 0 radical (unpaired) electrons. The molecular weight excluding hydrogens is 238 g/mol. The molecular formula is C15H23N3O. The molecule has 1 fully saturated rings. The van der Waals surface area contributed by atoms with Crippen LogP contribution >= 0.6 is 0 Å². The molecule has 0 aliphatic carbocycles. The van der Waals surface area contributed by atoms with E-state index in [1.807, 2.05) is 36.2 Å². The molecule has 1 amide bonds. The van der Waals surface area contributed by atoms with Crippen molar-refractivity contribution in [3.05, 3.63) is 29.8 Å². The molecule has 0 spiro atoms. The molecule has 1 saturated heterocycles. The predicted octanol–water partition coefficient (Wildman–Crippen LogP) is 1.37. The van der Waals surface area contributed by atoms with Gasteiger partial charge in [-0.25, -0.2) is 0 Å². The van der Waals surface area contributed by atoms with Gasteiger partial charge in [-0.3, -0.25) is 4.79 Å².